The lowest BCUT2D eigenvalue weighted by molar-refractivity contribution is 0.412. The zero-order chi connectivity index (χ0) is 13.0. The molecule has 0 spiro atoms. The highest BCUT2D eigenvalue weighted by atomic mass is 32.2. The van der Waals surface area contributed by atoms with Crippen LogP contribution < -0.4 is 10.5 Å². The van der Waals surface area contributed by atoms with E-state index < -0.39 is 0 Å². The Balaban J connectivity index is 2.25. The monoisotopic (exact) mass is 260 g/mol. The fourth-order valence-corrected chi connectivity index (χ4v) is 2.13. The van der Waals surface area contributed by atoms with E-state index in [2.05, 4.69) is 35.5 Å². The van der Waals surface area contributed by atoms with E-state index in [1.165, 1.54) is 4.90 Å². The number of nitrogens with two attached hydrogens (primary N) is 1. The standard InChI is InChI=1S/C14H16N2OS/c1-17-12-7-11(8-16-9-12)14(15)10-3-5-13(18-2)6-4-10/h3-9,14H,15H2,1-2H3. The number of benzene rings is 1. The zero-order valence-electron chi connectivity index (χ0n) is 10.5. The van der Waals surface area contributed by atoms with Crippen molar-refractivity contribution in [1.29, 1.82) is 0 Å². The summed E-state index contributed by atoms with van der Waals surface area (Å²) in [5, 5.41) is 0. The van der Waals surface area contributed by atoms with Crippen LogP contribution >= 0.6 is 11.8 Å². The molecular formula is C14H16N2OS. The van der Waals surface area contributed by atoms with Gasteiger partial charge in [-0.2, -0.15) is 0 Å². The van der Waals surface area contributed by atoms with Crippen LogP contribution in [0.5, 0.6) is 5.75 Å². The molecular weight excluding hydrogens is 244 g/mol. The molecule has 0 saturated heterocycles. The van der Waals surface area contributed by atoms with E-state index in [0.717, 1.165) is 16.9 Å². The van der Waals surface area contributed by atoms with Crippen molar-refractivity contribution in [3.05, 3.63) is 53.9 Å². The van der Waals surface area contributed by atoms with Crippen LogP contribution in [0.15, 0.2) is 47.6 Å². The van der Waals surface area contributed by atoms with E-state index in [-0.39, 0.29) is 6.04 Å². The number of aromatic nitrogens is 1. The van der Waals surface area contributed by atoms with Crippen LogP contribution in [-0.4, -0.2) is 18.3 Å². The number of thioether (sulfide) groups is 1. The molecule has 0 aliphatic heterocycles. The van der Waals surface area contributed by atoms with Gasteiger partial charge in [0, 0.05) is 11.1 Å². The van der Waals surface area contributed by atoms with Crippen LogP contribution in [0.2, 0.25) is 0 Å². The lowest BCUT2D eigenvalue weighted by atomic mass is 10.0. The van der Waals surface area contributed by atoms with E-state index in [1.54, 1.807) is 31.3 Å². The molecule has 0 fully saturated rings. The molecule has 18 heavy (non-hydrogen) atoms. The third-order valence-electron chi connectivity index (χ3n) is 2.80. The van der Waals surface area contributed by atoms with E-state index in [9.17, 15) is 0 Å². The maximum Gasteiger partial charge on any atom is 0.137 e. The van der Waals surface area contributed by atoms with Gasteiger partial charge in [-0.1, -0.05) is 12.1 Å². The smallest absolute Gasteiger partial charge is 0.137 e. The number of ether oxygens (including phenoxy) is 1. The first-order valence-corrected chi connectivity index (χ1v) is 6.85. The van der Waals surface area contributed by atoms with Gasteiger partial charge in [0.2, 0.25) is 0 Å². The molecule has 2 rings (SSSR count). The van der Waals surface area contributed by atoms with Crippen molar-refractivity contribution in [2.75, 3.05) is 13.4 Å². The Labute approximate surface area is 111 Å². The Kier molecular flexibility index (Phi) is 4.23. The molecule has 0 amide bonds. The Morgan fingerprint density at radius 1 is 1.17 bits per heavy atom. The summed E-state index contributed by atoms with van der Waals surface area (Å²) in [4.78, 5) is 5.36. The van der Waals surface area contributed by atoms with Gasteiger partial charge in [0.15, 0.2) is 0 Å². The minimum atomic E-state index is -0.177. The highest BCUT2D eigenvalue weighted by Crippen LogP contribution is 2.24. The summed E-state index contributed by atoms with van der Waals surface area (Å²) in [5.41, 5.74) is 8.25. The maximum atomic E-state index is 6.23. The summed E-state index contributed by atoms with van der Waals surface area (Å²) in [5.74, 6) is 0.726. The summed E-state index contributed by atoms with van der Waals surface area (Å²) in [7, 11) is 1.62. The fourth-order valence-electron chi connectivity index (χ4n) is 1.72. The molecule has 1 aromatic heterocycles. The second-order valence-electron chi connectivity index (χ2n) is 3.91. The topological polar surface area (TPSA) is 48.1 Å². The molecule has 1 heterocycles. The zero-order valence-corrected chi connectivity index (χ0v) is 11.3. The SMILES string of the molecule is COc1cncc(C(N)c2ccc(SC)cc2)c1. The van der Waals surface area contributed by atoms with Crippen LogP contribution in [0, 0.1) is 0 Å². The van der Waals surface area contributed by atoms with Crippen molar-refractivity contribution in [3.8, 4) is 5.75 Å². The minimum Gasteiger partial charge on any atom is -0.495 e. The molecule has 4 heteroatoms. The number of nitrogens with zero attached hydrogens (tertiary/aromatic N) is 1. The fraction of sp³-hybridized carbons (Fsp3) is 0.214. The van der Waals surface area contributed by atoms with Crippen molar-refractivity contribution in [2.45, 2.75) is 10.9 Å². The van der Waals surface area contributed by atoms with Gasteiger partial charge in [0.25, 0.3) is 0 Å². The molecule has 0 saturated carbocycles. The third kappa shape index (κ3) is 2.83. The second kappa shape index (κ2) is 5.89. The highest BCUT2D eigenvalue weighted by molar-refractivity contribution is 7.98. The predicted molar refractivity (Wildman–Crippen MR) is 75.0 cm³/mol. The van der Waals surface area contributed by atoms with E-state index in [0.29, 0.717) is 0 Å². The molecule has 2 N–H and O–H groups in total. The van der Waals surface area contributed by atoms with Crippen molar-refractivity contribution in [2.24, 2.45) is 5.73 Å². The molecule has 94 valence electrons. The van der Waals surface area contributed by atoms with Crippen molar-refractivity contribution >= 4 is 11.8 Å². The Morgan fingerprint density at radius 3 is 2.50 bits per heavy atom. The molecule has 1 atom stereocenters. The lowest BCUT2D eigenvalue weighted by Crippen LogP contribution is -2.12. The molecule has 0 aliphatic carbocycles. The largest absolute Gasteiger partial charge is 0.495 e. The normalized spacial score (nSPS) is 12.2. The average Bonchev–Trinajstić information content (AvgIpc) is 2.46. The van der Waals surface area contributed by atoms with Crippen molar-refractivity contribution in [3.63, 3.8) is 0 Å². The van der Waals surface area contributed by atoms with Crippen LogP contribution in [0.3, 0.4) is 0 Å². The van der Waals surface area contributed by atoms with Gasteiger partial charge in [-0.15, -0.1) is 11.8 Å². The van der Waals surface area contributed by atoms with Gasteiger partial charge >= 0.3 is 0 Å². The Hall–Kier alpha value is -1.52. The average molecular weight is 260 g/mol. The van der Waals surface area contributed by atoms with E-state index in [4.69, 9.17) is 10.5 Å². The van der Waals surface area contributed by atoms with Crippen LogP contribution in [-0.2, 0) is 0 Å². The molecule has 2 aromatic rings. The highest BCUT2D eigenvalue weighted by Gasteiger charge is 2.10. The van der Waals surface area contributed by atoms with Crippen LogP contribution in [0.25, 0.3) is 0 Å². The van der Waals surface area contributed by atoms with Gasteiger partial charge in [-0.3, -0.25) is 4.98 Å². The van der Waals surface area contributed by atoms with Crippen molar-refractivity contribution in [1.82, 2.24) is 4.98 Å². The minimum absolute atomic E-state index is 0.177. The molecule has 0 bridgehead atoms. The van der Waals surface area contributed by atoms with E-state index in [1.807, 2.05) is 6.07 Å². The van der Waals surface area contributed by atoms with E-state index >= 15 is 0 Å². The van der Waals surface area contributed by atoms with Crippen LogP contribution in [0.1, 0.15) is 17.2 Å². The number of hydrogen-bond acceptors (Lipinski definition) is 4. The van der Waals surface area contributed by atoms with Gasteiger partial charge < -0.3 is 10.5 Å². The van der Waals surface area contributed by atoms with Gasteiger partial charge in [-0.05, 0) is 35.6 Å². The summed E-state index contributed by atoms with van der Waals surface area (Å²) >= 11 is 1.72. The lowest BCUT2D eigenvalue weighted by Gasteiger charge is -2.13. The molecule has 1 aromatic carbocycles. The number of hydrogen-bond donors (Lipinski definition) is 1. The first-order chi connectivity index (χ1) is 8.74. The summed E-state index contributed by atoms with van der Waals surface area (Å²) in [6.07, 6.45) is 5.50. The summed E-state index contributed by atoms with van der Waals surface area (Å²) < 4.78 is 5.16. The summed E-state index contributed by atoms with van der Waals surface area (Å²) in [6, 6.07) is 10.00. The predicted octanol–water partition coefficient (Wildman–Crippen LogP) is 2.86. The molecule has 0 aliphatic rings. The molecule has 1 unspecified atom stereocenters. The Bertz CT molecular complexity index is 513. The first kappa shape index (κ1) is 12.9. The van der Waals surface area contributed by atoms with Gasteiger partial charge in [0.05, 0.1) is 19.3 Å². The van der Waals surface area contributed by atoms with Crippen LogP contribution in [0.4, 0.5) is 0 Å². The second-order valence-corrected chi connectivity index (χ2v) is 4.79. The number of rotatable bonds is 4. The van der Waals surface area contributed by atoms with Gasteiger partial charge in [0.1, 0.15) is 5.75 Å². The molecule has 3 nitrogen and oxygen atoms in total. The quantitative estimate of drug-likeness (QED) is 0.859. The maximum absolute atomic E-state index is 6.23. The third-order valence-corrected chi connectivity index (χ3v) is 3.55. The molecule has 0 radical (unpaired) electrons. The number of pyridine rings is 1. The first-order valence-electron chi connectivity index (χ1n) is 5.63. The Morgan fingerprint density at radius 2 is 1.89 bits per heavy atom. The van der Waals surface area contributed by atoms with Gasteiger partial charge in [-0.25, -0.2) is 0 Å². The van der Waals surface area contributed by atoms with Crippen molar-refractivity contribution < 1.29 is 4.74 Å². The number of methoxy groups -OCH3 is 1. The summed E-state index contributed by atoms with van der Waals surface area (Å²) in [6.45, 7) is 0.